The van der Waals surface area contributed by atoms with E-state index in [0.29, 0.717) is 0 Å². The molecule has 1 atom stereocenters. The maximum atomic E-state index is 10.5. The number of nitriles is 1. The highest BCUT2D eigenvalue weighted by atomic mass is 32.2. The molecule has 0 fully saturated rings. The first-order valence-corrected chi connectivity index (χ1v) is 4.10. The van der Waals surface area contributed by atoms with Crippen molar-refractivity contribution in [1.29, 1.82) is 5.26 Å². The van der Waals surface area contributed by atoms with Crippen molar-refractivity contribution in [1.82, 2.24) is 0 Å². The van der Waals surface area contributed by atoms with Gasteiger partial charge in [-0.2, -0.15) is 5.26 Å². The maximum absolute atomic E-state index is 10.5. The Kier molecular flexibility index (Phi) is 2.43. The number of benzene rings is 1. The molecule has 0 aliphatic heterocycles. The molecule has 0 saturated carbocycles. The van der Waals surface area contributed by atoms with E-state index in [1.807, 2.05) is 0 Å². The minimum absolute atomic E-state index is 0.144. The zero-order valence-electron chi connectivity index (χ0n) is 5.89. The van der Waals surface area contributed by atoms with Crippen molar-refractivity contribution in [3.8, 4) is 11.8 Å². The number of nitrogens with zero attached hydrogens (tertiary/aromatic N) is 1. The fourth-order valence-electron chi connectivity index (χ4n) is 0.724. The van der Waals surface area contributed by atoms with E-state index in [9.17, 15) is 4.21 Å². The van der Waals surface area contributed by atoms with Crippen molar-refractivity contribution in [2.75, 3.05) is 0 Å². The minimum Gasteiger partial charge on any atom is -0.507 e. The molecule has 2 N–H and O–H groups in total. The molecule has 0 aromatic heterocycles. The van der Waals surface area contributed by atoms with Gasteiger partial charge in [-0.15, -0.1) is 0 Å². The summed E-state index contributed by atoms with van der Waals surface area (Å²) in [6.45, 7) is 0. The first-order valence-electron chi connectivity index (χ1n) is 2.99. The van der Waals surface area contributed by atoms with Gasteiger partial charge in [-0.25, -0.2) is 4.21 Å². The van der Waals surface area contributed by atoms with Crippen LogP contribution in [0.2, 0.25) is 0 Å². The van der Waals surface area contributed by atoms with Crippen molar-refractivity contribution >= 4 is 11.1 Å². The Morgan fingerprint density at radius 1 is 1.50 bits per heavy atom. The number of hydrogen-bond donors (Lipinski definition) is 2. The van der Waals surface area contributed by atoms with Crippen molar-refractivity contribution < 1.29 is 13.9 Å². The zero-order chi connectivity index (χ0) is 9.14. The lowest BCUT2D eigenvalue weighted by Gasteiger charge is -1.98. The third kappa shape index (κ3) is 1.61. The van der Waals surface area contributed by atoms with E-state index in [-0.39, 0.29) is 16.2 Å². The van der Waals surface area contributed by atoms with E-state index in [4.69, 9.17) is 14.9 Å². The Labute approximate surface area is 71.4 Å². The van der Waals surface area contributed by atoms with Crippen molar-refractivity contribution in [2.24, 2.45) is 0 Å². The number of phenols is 1. The van der Waals surface area contributed by atoms with Crippen LogP contribution in [0.1, 0.15) is 5.56 Å². The summed E-state index contributed by atoms with van der Waals surface area (Å²) in [7, 11) is 0. The molecule has 0 bridgehead atoms. The van der Waals surface area contributed by atoms with Gasteiger partial charge in [-0.1, -0.05) is 0 Å². The van der Waals surface area contributed by atoms with Crippen LogP contribution in [-0.4, -0.2) is 13.9 Å². The number of phenolic OH excluding ortho intramolecular Hbond substituents is 1. The molecule has 0 aliphatic rings. The van der Waals surface area contributed by atoms with E-state index < -0.39 is 11.1 Å². The van der Waals surface area contributed by atoms with Crippen LogP contribution in [0.4, 0.5) is 0 Å². The fourth-order valence-corrected chi connectivity index (χ4v) is 1.20. The Morgan fingerprint density at radius 2 is 2.17 bits per heavy atom. The lowest BCUT2D eigenvalue weighted by molar-refractivity contribution is 0.457. The van der Waals surface area contributed by atoms with E-state index in [1.54, 1.807) is 6.07 Å². The van der Waals surface area contributed by atoms with Crippen LogP contribution < -0.4 is 0 Å². The average molecular weight is 183 g/mol. The summed E-state index contributed by atoms with van der Waals surface area (Å²) < 4.78 is 19.2. The van der Waals surface area contributed by atoms with E-state index in [0.717, 1.165) is 0 Å². The summed E-state index contributed by atoms with van der Waals surface area (Å²) in [6.07, 6.45) is 0. The predicted molar refractivity (Wildman–Crippen MR) is 41.9 cm³/mol. The standard InChI is InChI=1S/C7H5NO3S/c8-4-5-1-2-6(9)7(3-5)12(10)11/h1-3,9H,(H,10,11). The molecule has 1 rings (SSSR count). The van der Waals surface area contributed by atoms with Crippen LogP contribution in [0.5, 0.6) is 5.75 Å². The number of hydrogen-bond acceptors (Lipinski definition) is 3. The smallest absolute Gasteiger partial charge is 0.190 e. The maximum Gasteiger partial charge on any atom is 0.190 e. The summed E-state index contributed by atoms with van der Waals surface area (Å²) in [5.74, 6) is -0.283. The first-order chi connectivity index (χ1) is 5.65. The van der Waals surface area contributed by atoms with Crippen LogP contribution >= 0.6 is 0 Å². The van der Waals surface area contributed by atoms with E-state index >= 15 is 0 Å². The normalized spacial score (nSPS) is 12.0. The van der Waals surface area contributed by atoms with Gasteiger partial charge >= 0.3 is 0 Å². The third-order valence-electron chi connectivity index (χ3n) is 1.28. The highest BCUT2D eigenvalue weighted by molar-refractivity contribution is 7.79. The average Bonchev–Trinajstić information content (AvgIpc) is 2.05. The summed E-state index contributed by atoms with van der Waals surface area (Å²) >= 11 is -2.25. The van der Waals surface area contributed by atoms with Gasteiger partial charge in [0, 0.05) is 0 Å². The second kappa shape index (κ2) is 3.34. The molecular formula is C7H5NO3S. The highest BCUT2D eigenvalue weighted by Gasteiger charge is 2.07. The van der Waals surface area contributed by atoms with Gasteiger partial charge in [-0.3, -0.25) is 0 Å². The molecule has 1 aromatic rings. The van der Waals surface area contributed by atoms with E-state index in [2.05, 4.69) is 0 Å². The minimum atomic E-state index is -2.25. The lowest BCUT2D eigenvalue weighted by atomic mass is 10.2. The molecule has 1 aromatic carbocycles. The third-order valence-corrected chi connectivity index (χ3v) is 1.98. The molecule has 0 amide bonds. The highest BCUT2D eigenvalue weighted by Crippen LogP contribution is 2.20. The van der Waals surface area contributed by atoms with Crippen LogP contribution in [-0.2, 0) is 11.1 Å². The topological polar surface area (TPSA) is 81.3 Å². The molecule has 0 aliphatic carbocycles. The Balaban J connectivity index is 3.28. The molecule has 62 valence electrons. The quantitative estimate of drug-likeness (QED) is 0.632. The number of aromatic hydroxyl groups is 1. The molecule has 1 unspecified atom stereocenters. The van der Waals surface area contributed by atoms with Gasteiger partial charge in [0.15, 0.2) is 11.1 Å². The molecule has 0 saturated heterocycles. The zero-order valence-corrected chi connectivity index (χ0v) is 6.71. The second-order valence-corrected chi connectivity index (χ2v) is 2.98. The van der Waals surface area contributed by atoms with Crippen molar-refractivity contribution in [3.63, 3.8) is 0 Å². The Hall–Kier alpha value is -1.38. The second-order valence-electron chi connectivity index (χ2n) is 2.04. The molecule has 12 heavy (non-hydrogen) atoms. The largest absolute Gasteiger partial charge is 0.507 e. The van der Waals surface area contributed by atoms with Gasteiger partial charge in [-0.05, 0) is 18.2 Å². The molecule has 4 nitrogen and oxygen atoms in total. The van der Waals surface area contributed by atoms with E-state index in [1.165, 1.54) is 18.2 Å². The summed E-state index contributed by atoms with van der Waals surface area (Å²) in [6, 6.07) is 5.54. The summed E-state index contributed by atoms with van der Waals surface area (Å²) in [5.41, 5.74) is 0.241. The molecule has 0 radical (unpaired) electrons. The van der Waals surface area contributed by atoms with Gasteiger partial charge in [0.1, 0.15) is 10.6 Å². The van der Waals surface area contributed by atoms with Crippen molar-refractivity contribution in [2.45, 2.75) is 4.90 Å². The summed E-state index contributed by atoms with van der Waals surface area (Å²) in [5, 5.41) is 17.5. The van der Waals surface area contributed by atoms with Gasteiger partial charge in [0.05, 0.1) is 11.6 Å². The molecule has 0 spiro atoms. The van der Waals surface area contributed by atoms with Crippen LogP contribution in [0.25, 0.3) is 0 Å². The lowest BCUT2D eigenvalue weighted by Crippen LogP contribution is -1.89. The van der Waals surface area contributed by atoms with Gasteiger partial charge < -0.3 is 9.66 Å². The molecule has 0 heterocycles. The van der Waals surface area contributed by atoms with Crippen LogP contribution in [0.15, 0.2) is 23.1 Å². The Morgan fingerprint density at radius 3 is 2.67 bits per heavy atom. The van der Waals surface area contributed by atoms with Gasteiger partial charge in [0.25, 0.3) is 0 Å². The van der Waals surface area contributed by atoms with Crippen LogP contribution in [0.3, 0.4) is 0 Å². The first kappa shape index (κ1) is 8.71. The van der Waals surface area contributed by atoms with Gasteiger partial charge in [0.2, 0.25) is 0 Å². The Bertz CT molecular complexity index is 369. The van der Waals surface area contributed by atoms with Crippen LogP contribution in [0, 0.1) is 11.3 Å². The fraction of sp³-hybridized carbons (Fsp3) is 0. The number of rotatable bonds is 1. The monoisotopic (exact) mass is 183 g/mol. The van der Waals surface area contributed by atoms with Crippen molar-refractivity contribution in [3.05, 3.63) is 23.8 Å². The summed E-state index contributed by atoms with van der Waals surface area (Å²) in [4.78, 5) is -0.144. The molecule has 5 heteroatoms. The SMILES string of the molecule is N#Cc1ccc(O)c(S(=O)O)c1. The molecular weight excluding hydrogens is 178 g/mol. The predicted octanol–water partition coefficient (Wildman–Crippen LogP) is 0.844.